The van der Waals surface area contributed by atoms with Crippen LogP contribution in [-0.2, 0) is 12.8 Å². The van der Waals surface area contributed by atoms with Crippen LogP contribution in [0.15, 0.2) is 24.3 Å². The molecule has 1 saturated heterocycles. The molecule has 0 amide bonds. The molecule has 1 aromatic carbocycles. The molecule has 2 aliphatic rings. The van der Waals surface area contributed by atoms with Gasteiger partial charge >= 0.3 is 0 Å². The second kappa shape index (κ2) is 11.1. The van der Waals surface area contributed by atoms with Crippen molar-refractivity contribution < 1.29 is 4.74 Å². The highest BCUT2D eigenvalue weighted by Crippen LogP contribution is 2.33. The highest BCUT2D eigenvalue weighted by Gasteiger charge is 2.22. The average molecular weight is 416 g/mol. The Kier molecular flexibility index (Phi) is 8.52. The first-order chi connectivity index (χ1) is 14.2. The number of nitrogens with zero attached hydrogens (tertiary/aromatic N) is 2. The normalized spacial score (nSPS) is 21.4. The first-order valence-electron chi connectivity index (χ1n) is 11.4. The van der Waals surface area contributed by atoms with E-state index in [2.05, 4.69) is 41.4 Å². The average Bonchev–Trinajstić information content (AvgIpc) is 3.38. The fraction of sp³-hybridized carbons (Fsp3) is 0.625. The lowest BCUT2D eigenvalue weighted by molar-refractivity contribution is 0.230. The van der Waals surface area contributed by atoms with Crippen LogP contribution in [0.1, 0.15) is 57.0 Å². The second-order valence-corrected chi connectivity index (χ2v) is 8.95. The van der Waals surface area contributed by atoms with Crippen molar-refractivity contribution in [2.75, 3.05) is 26.7 Å². The summed E-state index contributed by atoms with van der Waals surface area (Å²) in [4.78, 5) is 8.95. The van der Waals surface area contributed by atoms with Crippen LogP contribution >= 0.6 is 11.3 Å². The van der Waals surface area contributed by atoms with Crippen molar-refractivity contribution in [1.82, 2.24) is 15.2 Å². The van der Waals surface area contributed by atoms with E-state index in [4.69, 9.17) is 9.72 Å². The van der Waals surface area contributed by atoms with E-state index in [0.717, 1.165) is 49.2 Å². The minimum absolute atomic E-state index is 0.576. The van der Waals surface area contributed by atoms with E-state index in [9.17, 15) is 0 Å². The monoisotopic (exact) mass is 415 g/mol. The van der Waals surface area contributed by atoms with Gasteiger partial charge in [0.1, 0.15) is 10.8 Å². The van der Waals surface area contributed by atoms with Gasteiger partial charge in [0.25, 0.3) is 0 Å². The summed E-state index contributed by atoms with van der Waals surface area (Å²) < 4.78 is 5.95. The number of hydrogen-bond donors (Lipinski definition) is 1. The zero-order valence-electron chi connectivity index (χ0n) is 18.5. The zero-order chi connectivity index (χ0) is 20.6. The smallest absolute Gasteiger partial charge is 0.123 e. The highest BCUT2D eigenvalue weighted by molar-refractivity contribution is 7.15. The molecule has 29 heavy (non-hydrogen) atoms. The summed E-state index contributed by atoms with van der Waals surface area (Å²) in [5.74, 6) is 0.963. The molecule has 0 bridgehead atoms. The summed E-state index contributed by atoms with van der Waals surface area (Å²) in [6, 6.07) is 9.80. The Hall–Kier alpha value is -1.43. The quantitative estimate of drug-likeness (QED) is 0.633. The van der Waals surface area contributed by atoms with Gasteiger partial charge in [0, 0.05) is 35.5 Å². The van der Waals surface area contributed by atoms with E-state index in [1.807, 2.05) is 32.2 Å². The molecule has 1 N–H and O–H groups in total. The number of thiazole rings is 1. The molecule has 1 aromatic heterocycles. The maximum Gasteiger partial charge on any atom is 0.123 e. The standard InChI is InChI=1S/C22H31N3OS.C2H6/c1-16-5-3-12-25(16)13-4-14-26-19-9-6-17(7-10-19)22-24-20-15-18(23-2)8-11-21(20)27-22;1-2/h6-7,9-10,16,18,23H,3-5,8,11-15H2,1-2H3;1-2H3. The molecular formula is C24H37N3OS. The van der Waals surface area contributed by atoms with Crippen molar-refractivity contribution in [2.24, 2.45) is 0 Å². The van der Waals surface area contributed by atoms with Crippen molar-refractivity contribution >= 4 is 11.3 Å². The van der Waals surface area contributed by atoms with Crippen LogP contribution in [-0.4, -0.2) is 48.7 Å². The predicted molar refractivity (Wildman–Crippen MR) is 124 cm³/mol. The Balaban J connectivity index is 0.00000117. The SMILES string of the molecule is CC.CNC1CCc2sc(-c3ccc(OCCCN4CCCC4C)cc3)nc2C1. The number of aromatic nitrogens is 1. The molecule has 0 spiro atoms. The third-order valence-electron chi connectivity index (χ3n) is 6.00. The molecule has 2 unspecified atom stereocenters. The zero-order valence-corrected chi connectivity index (χ0v) is 19.4. The van der Waals surface area contributed by atoms with E-state index >= 15 is 0 Å². The summed E-state index contributed by atoms with van der Waals surface area (Å²) in [7, 11) is 2.05. The number of rotatable bonds is 7. The van der Waals surface area contributed by atoms with Crippen LogP contribution in [0.3, 0.4) is 0 Å². The maximum atomic E-state index is 5.95. The molecule has 0 saturated carbocycles. The number of benzene rings is 1. The summed E-state index contributed by atoms with van der Waals surface area (Å²) in [6.07, 6.45) is 7.21. The number of ether oxygens (including phenoxy) is 1. The molecular weight excluding hydrogens is 378 g/mol. The number of likely N-dealkylation sites (tertiary alicyclic amines) is 1. The third-order valence-corrected chi connectivity index (χ3v) is 7.20. The van der Waals surface area contributed by atoms with Crippen LogP contribution in [0.2, 0.25) is 0 Å². The van der Waals surface area contributed by atoms with Crippen LogP contribution in [0, 0.1) is 0 Å². The van der Waals surface area contributed by atoms with Gasteiger partial charge in [-0.2, -0.15) is 0 Å². The molecule has 1 aliphatic carbocycles. The lowest BCUT2D eigenvalue weighted by Gasteiger charge is -2.20. The van der Waals surface area contributed by atoms with Gasteiger partial charge in [-0.15, -0.1) is 11.3 Å². The lowest BCUT2D eigenvalue weighted by Crippen LogP contribution is -2.31. The van der Waals surface area contributed by atoms with Crippen molar-refractivity contribution in [2.45, 2.75) is 71.4 Å². The molecule has 4 nitrogen and oxygen atoms in total. The first kappa shape index (κ1) is 22.3. The van der Waals surface area contributed by atoms with Gasteiger partial charge in [0.05, 0.1) is 12.3 Å². The van der Waals surface area contributed by atoms with Gasteiger partial charge in [0.2, 0.25) is 0 Å². The highest BCUT2D eigenvalue weighted by atomic mass is 32.1. The number of likely N-dealkylation sites (N-methyl/N-ethyl adjacent to an activating group) is 1. The largest absolute Gasteiger partial charge is 0.494 e. The number of fused-ring (bicyclic) bond motifs is 1. The van der Waals surface area contributed by atoms with Gasteiger partial charge < -0.3 is 15.0 Å². The molecule has 2 atom stereocenters. The van der Waals surface area contributed by atoms with Crippen LogP contribution in [0.5, 0.6) is 5.75 Å². The predicted octanol–water partition coefficient (Wildman–Crippen LogP) is 5.17. The number of aryl methyl sites for hydroxylation is 1. The van der Waals surface area contributed by atoms with Crippen LogP contribution < -0.4 is 10.1 Å². The van der Waals surface area contributed by atoms with Crippen LogP contribution in [0.25, 0.3) is 10.6 Å². The maximum absolute atomic E-state index is 5.95. The van der Waals surface area contributed by atoms with Gasteiger partial charge in [-0.1, -0.05) is 13.8 Å². The third kappa shape index (κ3) is 5.80. The molecule has 160 valence electrons. The fourth-order valence-electron chi connectivity index (χ4n) is 4.23. The fourth-order valence-corrected chi connectivity index (χ4v) is 5.34. The molecule has 0 radical (unpaired) electrons. The molecule has 2 aromatic rings. The second-order valence-electron chi connectivity index (χ2n) is 7.87. The van der Waals surface area contributed by atoms with Gasteiger partial charge in [-0.25, -0.2) is 4.98 Å². The molecule has 1 aliphatic heterocycles. The number of nitrogens with one attached hydrogen (secondary N) is 1. The Morgan fingerprint density at radius 1 is 1.21 bits per heavy atom. The van der Waals surface area contributed by atoms with Gasteiger partial charge in [-0.3, -0.25) is 0 Å². The Bertz CT molecular complexity index is 743. The molecule has 2 heterocycles. The van der Waals surface area contributed by atoms with E-state index in [1.165, 1.54) is 41.9 Å². The van der Waals surface area contributed by atoms with E-state index in [1.54, 1.807) is 0 Å². The van der Waals surface area contributed by atoms with Crippen LogP contribution in [0.4, 0.5) is 0 Å². The molecule has 5 heteroatoms. The van der Waals surface area contributed by atoms with E-state index in [-0.39, 0.29) is 0 Å². The first-order valence-corrected chi connectivity index (χ1v) is 12.2. The van der Waals surface area contributed by atoms with Crippen molar-refractivity contribution in [3.8, 4) is 16.3 Å². The Labute approximate surface area is 180 Å². The molecule has 1 fully saturated rings. The summed E-state index contributed by atoms with van der Waals surface area (Å²) >= 11 is 1.86. The summed E-state index contributed by atoms with van der Waals surface area (Å²) in [5, 5.41) is 4.54. The summed E-state index contributed by atoms with van der Waals surface area (Å²) in [6.45, 7) is 9.53. The van der Waals surface area contributed by atoms with Gasteiger partial charge in [0.15, 0.2) is 0 Å². The number of hydrogen-bond acceptors (Lipinski definition) is 5. The van der Waals surface area contributed by atoms with Crippen molar-refractivity contribution in [3.63, 3.8) is 0 Å². The lowest BCUT2D eigenvalue weighted by atomic mass is 9.98. The Morgan fingerprint density at radius 3 is 2.69 bits per heavy atom. The topological polar surface area (TPSA) is 37.4 Å². The minimum Gasteiger partial charge on any atom is -0.494 e. The summed E-state index contributed by atoms with van der Waals surface area (Å²) in [5.41, 5.74) is 2.49. The molecule has 4 rings (SSSR count). The van der Waals surface area contributed by atoms with Crippen molar-refractivity contribution in [1.29, 1.82) is 0 Å². The van der Waals surface area contributed by atoms with Gasteiger partial charge in [-0.05, 0) is 76.9 Å². The van der Waals surface area contributed by atoms with E-state index < -0.39 is 0 Å². The minimum atomic E-state index is 0.576. The van der Waals surface area contributed by atoms with Crippen molar-refractivity contribution in [3.05, 3.63) is 34.8 Å². The van der Waals surface area contributed by atoms with E-state index in [0.29, 0.717) is 6.04 Å². The Morgan fingerprint density at radius 2 is 2.00 bits per heavy atom.